The molecule has 0 spiro atoms. The summed E-state index contributed by atoms with van der Waals surface area (Å²) in [5.41, 5.74) is 11.0. The molecule has 1 amide bonds. The van der Waals surface area contributed by atoms with Crippen molar-refractivity contribution in [3.05, 3.63) is 96.2 Å². The van der Waals surface area contributed by atoms with Gasteiger partial charge in [0.05, 0.1) is 16.6 Å². The molecular weight excluding hydrogens is 476 g/mol. The number of carbonyl (C=O) groups excluding carboxylic acids is 1. The van der Waals surface area contributed by atoms with E-state index in [0.717, 1.165) is 28.0 Å². The van der Waals surface area contributed by atoms with Crippen LogP contribution in [0.5, 0.6) is 11.5 Å². The molecule has 2 aromatic heterocycles. The molecule has 0 radical (unpaired) electrons. The Kier molecular flexibility index (Phi) is 6.57. The Morgan fingerprint density at radius 3 is 2.45 bits per heavy atom. The molecule has 0 bridgehead atoms. The predicted molar refractivity (Wildman–Crippen MR) is 148 cm³/mol. The Morgan fingerprint density at radius 1 is 1.00 bits per heavy atom. The van der Waals surface area contributed by atoms with E-state index in [0.29, 0.717) is 28.2 Å². The zero-order chi connectivity index (χ0) is 26.6. The SMILES string of the molecule is CN(C)C(=O)/C(C#N)=C/c1cccc(-c2cnc(-c3ccc(Oc4ccccc4)cc3)c3c(N)n[nH]c23)c1. The number of hydrogen-bond acceptors (Lipinski definition) is 6. The monoisotopic (exact) mass is 500 g/mol. The third-order valence-corrected chi connectivity index (χ3v) is 6.00. The first-order valence-corrected chi connectivity index (χ1v) is 11.8. The molecule has 8 nitrogen and oxygen atoms in total. The topological polar surface area (TPSA) is 121 Å². The van der Waals surface area contributed by atoms with Crippen molar-refractivity contribution in [2.24, 2.45) is 0 Å². The minimum absolute atomic E-state index is 0.0521. The molecule has 38 heavy (non-hydrogen) atoms. The van der Waals surface area contributed by atoms with E-state index in [-0.39, 0.29) is 11.5 Å². The van der Waals surface area contributed by atoms with Crippen molar-refractivity contribution < 1.29 is 9.53 Å². The average molecular weight is 501 g/mol. The second-order valence-electron chi connectivity index (χ2n) is 8.81. The van der Waals surface area contributed by atoms with Crippen molar-refractivity contribution in [3.63, 3.8) is 0 Å². The van der Waals surface area contributed by atoms with Gasteiger partial charge in [-0.1, -0.05) is 36.4 Å². The number of H-pyrrole nitrogens is 1. The fourth-order valence-corrected chi connectivity index (χ4v) is 4.14. The van der Waals surface area contributed by atoms with Crippen LogP contribution in [0.1, 0.15) is 5.56 Å². The van der Waals surface area contributed by atoms with Gasteiger partial charge in [0.25, 0.3) is 5.91 Å². The van der Waals surface area contributed by atoms with Crippen LogP contribution in [0, 0.1) is 11.3 Å². The van der Waals surface area contributed by atoms with E-state index in [9.17, 15) is 10.1 Å². The maximum Gasteiger partial charge on any atom is 0.264 e. The number of nitrogens with one attached hydrogen (secondary N) is 1. The number of fused-ring (bicyclic) bond motifs is 1. The fraction of sp³-hybridized carbons (Fsp3) is 0.0667. The Bertz CT molecular complexity index is 1700. The minimum Gasteiger partial charge on any atom is -0.457 e. The number of aromatic amines is 1. The number of nitrogens with zero attached hydrogens (tertiary/aromatic N) is 4. The number of rotatable bonds is 6. The second kappa shape index (κ2) is 10.3. The summed E-state index contributed by atoms with van der Waals surface area (Å²) in [4.78, 5) is 18.4. The molecule has 5 aromatic rings. The van der Waals surface area contributed by atoms with Crippen molar-refractivity contribution in [3.8, 4) is 40.0 Å². The lowest BCUT2D eigenvalue weighted by Crippen LogP contribution is -2.22. The van der Waals surface area contributed by atoms with Gasteiger partial charge in [0.15, 0.2) is 5.82 Å². The number of nitriles is 1. The lowest BCUT2D eigenvalue weighted by atomic mass is 9.99. The number of ether oxygens (including phenoxy) is 1. The summed E-state index contributed by atoms with van der Waals surface area (Å²) in [5.74, 6) is 1.46. The van der Waals surface area contributed by atoms with Crippen molar-refractivity contribution in [2.45, 2.75) is 0 Å². The largest absolute Gasteiger partial charge is 0.457 e. The van der Waals surface area contributed by atoms with Gasteiger partial charge in [-0.2, -0.15) is 10.4 Å². The Morgan fingerprint density at radius 2 is 1.74 bits per heavy atom. The summed E-state index contributed by atoms with van der Waals surface area (Å²) in [5, 5.41) is 17.5. The van der Waals surface area contributed by atoms with Crippen molar-refractivity contribution in [1.82, 2.24) is 20.1 Å². The lowest BCUT2D eigenvalue weighted by Gasteiger charge is -2.10. The number of amides is 1. The van der Waals surface area contributed by atoms with E-state index in [1.807, 2.05) is 84.9 Å². The Labute approximate surface area is 219 Å². The van der Waals surface area contributed by atoms with Gasteiger partial charge in [0.2, 0.25) is 0 Å². The van der Waals surface area contributed by atoms with E-state index in [2.05, 4.69) is 10.2 Å². The molecule has 0 aliphatic heterocycles. The zero-order valence-corrected chi connectivity index (χ0v) is 20.8. The highest BCUT2D eigenvalue weighted by molar-refractivity contribution is 6.06. The number of aromatic nitrogens is 3. The standard InChI is InChI=1S/C30H24N6O2/c1-36(2)30(37)22(17-31)16-19-7-6-8-21(15-19)25-18-33-27(26-28(25)34-35-29(26)32)20-11-13-24(14-12-20)38-23-9-4-3-5-10-23/h3-16,18H,1-2H3,(H3,32,34,35)/b22-16+. The molecule has 8 heteroatoms. The first-order valence-electron chi connectivity index (χ1n) is 11.8. The van der Waals surface area contributed by atoms with E-state index < -0.39 is 0 Å². The number of anilines is 1. The highest BCUT2D eigenvalue weighted by atomic mass is 16.5. The molecule has 3 N–H and O–H groups in total. The molecule has 3 aromatic carbocycles. The highest BCUT2D eigenvalue weighted by Crippen LogP contribution is 2.36. The Hall–Kier alpha value is -5.42. The van der Waals surface area contributed by atoms with Crippen LogP contribution >= 0.6 is 0 Å². The summed E-state index contributed by atoms with van der Waals surface area (Å²) in [6.07, 6.45) is 3.34. The van der Waals surface area contributed by atoms with Crippen molar-refractivity contribution in [1.29, 1.82) is 5.26 Å². The number of likely N-dealkylation sites (N-methyl/N-ethyl adjacent to an activating group) is 1. The third kappa shape index (κ3) is 4.81. The first kappa shape index (κ1) is 24.3. The van der Waals surface area contributed by atoms with Crippen LogP contribution in [0.15, 0.2) is 90.6 Å². The van der Waals surface area contributed by atoms with Gasteiger partial charge in [-0.25, -0.2) is 0 Å². The van der Waals surface area contributed by atoms with Crippen LogP contribution < -0.4 is 10.5 Å². The second-order valence-corrected chi connectivity index (χ2v) is 8.81. The number of pyridine rings is 1. The van der Waals surface area contributed by atoms with Crippen LogP contribution in [0.25, 0.3) is 39.4 Å². The number of carbonyl (C=O) groups is 1. The van der Waals surface area contributed by atoms with Crippen molar-refractivity contribution >= 4 is 28.7 Å². The summed E-state index contributed by atoms with van der Waals surface area (Å²) < 4.78 is 5.90. The maximum absolute atomic E-state index is 12.3. The van der Waals surface area contributed by atoms with Crippen molar-refractivity contribution in [2.75, 3.05) is 19.8 Å². The van der Waals surface area contributed by atoms with Crippen LogP contribution in [-0.4, -0.2) is 40.1 Å². The normalized spacial score (nSPS) is 11.2. The van der Waals surface area contributed by atoms with Gasteiger partial charge in [0.1, 0.15) is 23.1 Å². The van der Waals surface area contributed by atoms with Crippen LogP contribution in [0.3, 0.4) is 0 Å². The molecular formula is C30H24N6O2. The minimum atomic E-state index is -0.354. The molecule has 0 aliphatic rings. The van der Waals surface area contributed by atoms with Gasteiger partial charge in [-0.3, -0.25) is 14.9 Å². The summed E-state index contributed by atoms with van der Waals surface area (Å²) >= 11 is 0. The van der Waals surface area contributed by atoms with E-state index in [1.54, 1.807) is 26.4 Å². The molecule has 0 aliphatic carbocycles. The van der Waals surface area contributed by atoms with Gasteiger partial charge in [-0.15, -0.1) is 0 Å². The molecule has 0 saturated heterocycles. The Balaban J connectivity index is 1.51. The number of para-hydroxylation sites is 1. The first-order chi connectivity index (χ1) is 18.4. The smallest absolute Gasteiger partial charge is 0.264 e. The third-order valence-electron chi connectivity index (χ3n) is 6.00. The molecule has 0 atom stereocenters. The summed E-state index contributed by atoms with van der Waals surface area (Å²) in [7, 11) is 3.22. The van der Waals surface area contributed by atoms with Crippen LogP contribution in [0.4, 0.5) is 5.82 Å². The molecule has 2 heterocycles. The van der Waals surface area contributed by atoms with Gasteiger partial charge < -0.3 is 15.4 Å². The molecule has 186 valence electrons. The molecule has 0 saturated carbocycles. The number of benzene rings is 3. The predicted octanol–water partition coefficient (Wildman–Crippen LogP) is 5.66. The number of hydrogen-bond donors (Lipinski definition) is 2. The molecule has 0 fully saturated rings. The van der Waals surface area contributed by atoms with Gasteiger partial charge >= 0.3 is 0 Å². The van der Waals surface area contributed by atoms with E-state index in [4.69, 9.17) is 15.5 Å². The van der Waals surface area contributed by atoms with E-state index >= 15 is 0 Å². The molecule has 0 unspecified atom stereocenters. The van der Waals surface area contributed by atoms with Gasteiger partial charge in [0, 0.05) is 31.4 Å². The zero-order valence-electron chi connectivity index (χ0n) is 20.8. The summed E-state index contributed by atoms with van der Waals surface area (Å²) in [6.45, 7) is 0. The highest BCUT2D eigenvalue weighted by Gasteiger charge is 2.17. The maximum atomic E-state index is 12.3. The van der Waals surface area contributed by atoms with E-state index in [1.165, 1.54) is 4.90 Å². The average Bonchev–Trinajstić information content (AvgIpc) is 3.33. The number of nitrogens with two attached hydrogens (primary N) is 1. The fourth-order valence-electron chi connectivity index (χ4n) is 4.14. The van der Waals surface area contributed by atoms with Gasteiger partial charge in [-0.05, 0) is 59.7 Å². The summed E-state index contributed by atoms with van der Waals surface area (Å²) in [6, 6.07) is 26.7. The van der Waals surface area contributed by atoms with Crippen LogP contribution in [-0.2, 0) is 4.79 Å². The quantitative estimate of drug-likeness (QED) is 0.229. The molecule has 5 rings (SSSR count). The number of nitrogen functional groups attached to an aromatic ring is 1. The lowest BCUT2D eigenvalue weighted by molar-refractivity contribution is -0.124. The van der Waals surface area contributed by atoms with Crippen LogP contribution in [0.2, 0.25) is 0 Å².